The second-order valence-electron chi connectivity index (χ2n) is 6.08. The van der Waals surface area contributed by atoms with Gasteiger partial charge in [0.25, 0.3) is 0 Å². The molecule has 0 heterocycles. The number of nitrogens with zero attached hydrogens (tertiary/aromatic N) is 1. The third kappa shape index (κ3) is 3.60. The van der Waals surface area contributed by atoms with Crippen LogP contribution in [0.2, 0.25) is 0 Å². The van der Waals surface area contributed by atoms with Crippen LogP contribution in [-0.2, 0) is 4.74 Å². The van der Waals surface area contributed by atoms with Gasteiger partial charge in [-0.15, -0.1) is 0 Å². The van der Waals surface area contributed by atoms with Gasteiger partial charge in [0.2, 0.25) is 0 Å². The first kappa shape index (κ1) is 16.3. The molecule has 2 aliphatic carbocycles. The van der Waals surface area contributed by atoms with Crippen LogP contribution < -0.4 is 10.6 Å². The number of rotatable bonds is 7. The molecule has 2 unspecified atom stereocenters. The Morgan fingerprint density at radius 1 is 1.38 bits per heavy atom. The van der Waals surface area contributed by atoms with Crippen LogP contribution in [0, 0.1) is 5.41 Å². The molecule has 0 radical (unpaired) electrons. The fraction of sp³-hybridized carbons (Fsp3) is 0.824. The maximum atomic E-state index is 5.91. The zero-order valence-corrected chi connectivity index (χ0v) is 13.8. The topological polar surface area (TPSA) is 45.7 Å². The average Bonchev–Trinajstić information content (AvgIpc) is 2.40. The van der Waals surface area contributed by atoms with Gasteiger partial charge in [0, 0.05) is 31.2 Å². The third-order valence-electron chi connectivity index (χ3n) is 4.89. The van der Waals surface area contributed by atoms with E-state index in [1.807, 2.05) is 0 Å². The van der Waals surface area contributed by atoms with Crippen molar-refractivity contribution in [2.45, 2.75) is 65.0 Å². The summed E-state index contributed by atoms with van der Waals surface area (Å²) in [4.78, 5) is 4.67. The van der Waals surface area contributed by atoms with Crippen molar-refractivity contribution in [3.05, 3.63) is 12.2 Å². The minimum atomic E-state index is 0.384. The normalized spacial score (nSPS) is 27.5. The number of ether oxygens (including phenoxy) is 1. The fourth-order valence-corrected chi connectivity index (χ4v) is 3.54. The molecular weight excluding hydrogens is 262 g/mol. The highest BCUT2D eigenvalue weighted by atomic mass is 16.5. The van der Waals surface area contributed by atoms with Crippen LogP contribution in [0.15, 0.2) is 17.1 Å². The number of aliphatic imine (C=N–C) groups is 1. The number of guanidine groups is 1. The van der Waals surface area contributed by atoms with E-state index in [4.69, 9.17) is 4.74 Å². The van der Waals surface area contributed by atoms with Gasteiger partial charge >= 0.3 is 0 Å². The molecule has 1 spiro atoms. The van der Waals surface area contributed by atoms with E-state index in [0.29, 0.717) is 17.6 Å². The van der Waals surface area contributed by atoms with Gasteiger partial charge in [0.1, 0.15) is 0 Å². The fourth-order valence-electron chi connectivity index (χ4n) is 3.54. The molecule has 0 aromatic heterocycles. The van der Waals surface area contributed by atoms with Crippen LogP contribution in [0.4, 0.5) is 0 Å². The van der Waals surface area contributed by atoms with Gasteiger partial charge in [-0.25, -0.2) is 0 Å². The first-order valence-corrected chi connectivity index (χ1v) is 8.54. The van der Waals surface area contributed by atoms with Crippen molar-refractivity contribution < 1.29 is 4.74 Å². The summed E-state index contributed by atoms with van der Waals surface area (Å²) in [5.41, 5.74) is 0.384. The largest absolute Gasteiger partial charge is 0.378 e. The monoisotopic (exact) mass is 293 g/mol. The number of nitrogens with one attached hydrogen (secondary N) is 2. The Morgan fingerprint density at radius 2 is 2.19 bits per heavy atom. The van der Waals surface area contributed by atoms with E-state index in [2.05, 4.69) is 48.5 Å². The van der Waals surface area contributed by atoms with Crippen LogP contribution in [0.25, 0.3) is 0 Å². The Balaban J connectivity index is 1.88. The summed E-state index contributed by atoms with van der Waals surface area (Å²) in [6, 6.07) is 0.530. The Labute approximate surface area is 129 Å². The standard InChI is InChI=1S/C17H31N3O/c1-4-7-8-12-19-16(18-5-2)20-14-13-15(21-6-3)17(14)10-9-11-17/h4,7,14-15H,5-6,8-13H2,1-3H3,(H2,18,19,20)/b7-4+. The molecular formula is C17H31N3O. The van der Waals surface area contributed by atoms with E-state index in [1.165, 1.54) is 19.3 Å². The van der Waals surface area contributed by atoms with Gasteiger partial charge in [-0.1, -0.05) is 18.6 Å². The Kier molecular flexibility index (Phi) is 6.09. The van der Waals surface area contributed by atoms with Gasteiger partial charge in [-0.05, 0) is 46.5 Å². The lowest BCUT2D eigenvalue weighted by Crippen LogP contribution is -2.68. The van der Waals surface area contributed by atoms with Crippen LogP contribution in [0.1, 0.15) is 52.9 Å². The van der Waals surface area contributed by atoms with Crippen molar-refractivity contribution in [3.63, 3.8) is 0 Å². The van der Waals surface area contributed by atoms with Crippen molar-refractivity contribution in [3.8, 4) is 0 Å². The smallest absolute Gasteiger partial charge is 0.191 e. The van der Waals surface area contributed by atoms with E-state index >= 15 is 0 Å². The molecule has 0 aromatic rings. The second-order valence-corrected chi connectivity index (χ2v) is 6.08. The molecule has 2 aliphatic rings. The maximum Gasteiger partial charge on any atom is 0.191 e. The predicted octanol–water partition coefficient (Wildman–Crippen LogP) is 2.86. The molecule has 0 aromatic carbocycles. The van der Waals surface area contributed by atoms with E-state index in [9.17, 15) is 0 Å². The summed E-state index contributed by atoms with van der Waals surface area (Å²) in [5.74, 6) is 0.966. The average molecular weight is 293 g/mol. The minimum Gasteiger partial charge on any atom is -0.378 e. The Morgan fingerprint density at radius 3 is 2.76 bits per heavy atom. The quantitative estimate of drug-likeness (QED) is 0.328. The minimum absolute atomic E-state index is 0.384. The highest BCUT2D eigenvalue weighted by Gasteiger charge is 2.59. The lowest BCUT2D eigenvalue weighted by atomic mass is 9.51. The number of hydrogen-bond acceptors (Lipinski definition) is 2. The van der Waals surface area contributed by atoms with E-state index in [1.54, 1.807) is 0 Å². The summed E-state index contributed by atoms with van der Waals surface area (Å²) in [7, 11) is 0. The van der Waals surface area contributed by atoms with Crippen LogP contribution in [0.5, 0.6) is 0 Å². The van der Waals surface area contributed by atoms with E-state index in [0.717, 1.165) is 38.5 Å². The SMILES string of the molecule is C/C=C/CCN=C(NCC)NC1CC(OCC)C12CCC2. The highest BCUT2D eigenvalue weighted by molar-refractivity contribution is 5.80. The summed E-state index contributed by atoms with van der Waals surface area (Å²) in [6.07, 6.45) is 10.8. The zero-order chi connectivity index (χ0) is 15.1. The van der Waals surface area contributed by atoms with Crippen LogP contribution >= 0.6 is 0 Å². The first-order chi connectivity index (χ1) is 10.3. The van der Waals surface area contributed by atoms with Crippen molar-refractivity contribution in [1.82, 2.24) is 10.6 Å². The van der Waals surface area contributed by atoms with Gasteiger partial charge in [0.05, 0.1) is 6.10 Å². The zero-order valence-electron chi connectivity index (χ0n) is 13.8. The van der Waals surface area contributed by atoms with Crippen molar-refractivity contribution >= 4 is 5.96 Å². The lowest BCUT2D eigenvalue weighted by Gasteiger charge is -2.61. The van der Waals surface area contributed by atoms with Gasteiger partial charge < -0.3 is 15.4 Å². The number of hydrogen-bond donors (Lipinski definition) is 2. The molecule has 0 amide bonds. The molecule has 2 rings (SSSR count). The molecule has 2 fully saturated rings. The van der Waals surface area contributed by atoms with Gasteiger partial charge in [-0.2, -0.15) is 0 Å². The summed E-state index contributed by atoms with van der Waals surface area (Å²) in [6.45, 7) is 8.84. The molecule has 2 atom stereocenters. The van der Waals surface area contributed by atoms with Crippen molar-refractivity contribution in [1.29, 1.82) is 0 Å². The molecule has 4 nitrogen and oxygen atoms in total. The predicted molar refractivity (Wildman–Crippen MR) is 88.6 cm³/mol. The summed E-state index contributed by atoms with van der Waals surface area (Å²) in [5, 5.41) is 7.01. The van der Waals surface area contributed by atoms with Gasteiger partial charge in [0.15, 0.2) is 5.96 Å². The molecule has 0 aliphatic heterocycles. The lowest BCUT2D eigenvalue weighted by molar-refractivity contribution is -0.168. The molecule has 2 saturated carbocycles. The van der Waals surface area contributed by atoms with Crippen molar-refractivity contribution in [2.24, 2.45) is 10.4 Å². The Hall–Kier alpha value is -1.03. The third-order valence-corrected chi connectivity index (χ3v) is 4.89. The second kappa shape index (κ2) is 7.83. The summed E-state index contributed by atoms with van der Waals surface area (Å²) >= 11 is 0. The highest BCUT2D eigenvalue weighted by Crippen LogP contribution is 2.57. The van der Waals surface area contributed by atoms with Gasteiger partial charge in [-0.3, -0.25) is 4.99 Å². The van der Waals surface area contributed by atoms with E-state index in [-0.39, 0.29) is 0 Å². The molecule has 0 bridgehead atoms. The van der Waals surface area contributed by atoms with Crippen molar-refractivity contribution in [2.75, 3.05) is 19.7 Å². The molecule has 120 valence electrons. The first-order valence-electron chi connectivity index (χ1n) is 8.54. The summed E-state index contributed by atoms with van der Waals surface area (Å²) < 4.78 is 5.91. The molecule has 2 N–H and O–H groups in total. The molecule has 0 saturated heterocycles. The molecule has 4 heteroatoms. The number of allylic oxidation sites excluding steroid dienone is 1. The van der Waals surface area contributed by atoms with Crippen LogP contribution in [-0.4, -0.2) is 37.8 Å². The van der Waals surface area contributed by atoms with Crippen LogP contribution in [0.3, 0.4) is 0 Å². The Bertz CT molecular complexity index is 374. The maximum absolute atomic E-state index is 5.91. The van der Waals surface area contributed by atoms with E-state index < -0.39 is 0 Å². The molecule has 21 heavy (non-hydrogen) atoms.